The zero-order chi connectivity index (χ0) is 15.2. The third-order valence-corrected chi connectivity index (χ3v) is 3.04. The number of hydrogen-bond donors (Lipinski definition) is 1. The van der Waals surface area contributed by atoms with Crippen molar-refractivity contribution in [1.29, 1.82) is 0 Å². The Bertz CT molecular complexity index is 608. The van der Waals surface area contributed by atoms with E-state index in [9.17, 15) is 4.79 Å². The van der Waals surface area contributed by atoms with Crippen molar-refractivity contribution in [1.82, 2.24) is 0 Å². The van der Waals surface area contributed by atoms with Gasteiger partial charge >= 0.3 is 0 Å². The maximum absolute atomic E-state index is 12.1. The average molecular weight is 285 g/mol. The lowest BCUT2D eigenvalue weighted by Gasteiger charge is -2.15. The predicted molar refractivity (Wildman–Crippen MR) is 82.9 cm³/mol. The van der Waals surface area contributed by atoms with Crippen LogP contribution in [0.15, 0.2) is 48.5 Å². The minimum absolute atomic E-state index is 0.193. The van der Waals surface area contributed by atoms with Gasteiger partial charge in [0.1, 0.15) is 11.5 Å². The monoisotopic (exact) mass is 285 g/mol. The van der Waals surface area contributed by atoms with E-state index in [-0.39, 0.29) is 5.91 Å². The van der Waals surface area contributed by atoms with Crippen molar-refractivity contribution in [3.8, 4) is 11.5 Å². The van der Waals surface area contributed by atoms with Gasteiger partial charge in [-0.05, 0) is 38.1 Å². The van der Waals surface area contributed by atoms with Gasteiger partial charge < -0.3 is 14.8 Å². The first-order valence-corrected chi connectivity index (χ1v) is 6.77. The van der Waals surface area contributed by atoms with Crippen molar-refractivity contribution >= 4 is 11.6 Å². The fourth-order valence-corrected chi connectivity index (χ4v) is 1.81. The third-order valence-electron chi connectivity index (χ3n) is 3.04. The second kappa shape index (κ2) is 6.79. The van der Waals surface area contributed by atoms with E-state index in [2.05, 4.69) is 5.32 Å². The molecule has 0 spiro atoms. The van der Waals surface area contributed by atoms with Crippen molar-refractivity contribution < 1.29 is 14.3 Å². The van der Waals surface area contributed by atoms with Crippen LogP contribution in [0.25, 0.3) is 0 Å². The summed E-state index contributed by atoms with van der Waals surface area (Å²) in [4.78, 5) is 12.1. The summed E-state index contributed by atoms with van der Waals surface area (Å²) >= 11 is 0. The molecule has 0 bridgehead atoms. The maximum Gasteiger partial charge on any atom is 0.265 e. The van der Waals surface area contributed by atoms with Crippen molar-refractivity contribution in [2.24, 2.45) is 0 Å². The fraction of sp³-hybridized carbons (Fsp3) is 0.235. The number of benzene rings is 2. The van der Waals surface area contributed by atoms with Crippen LogP contribution >= 0.6 is 0 Å². The maximum atomic E-state index is 12.1. The minimum atomic E-state index is -0.599. The summed E-state index contributed by atoms with van der Waals surface area (Å²) < 4.78 is 10.7. The molecule has 0 fully saturated rings. The summed E-state index contributed by atoms with van der Waals surface area (Å²) in [5.41, 5.74) is 1.90. The van der Waals surface area contributed by atoms with E-state index in [1.54, 1.807) is 26.2 Å². The molecule has 110 valence electrons. The van der Waals surface area contributed by atoms with Crippen molar-refractivity contribution in [3.05, 3.63) is 54.1 Å². The van der Waals surface area contributed by atoms with E-state index < -0.39 is 6.10 Å². The molecular weight excluding hydrogens is 266 g/mol. The Labute approximate surface area is 124 Å². The van der Waals surface area contributed by atoms with Gasteiger partial charge in [0.25, 0.3) is 5.91 Å². The molecule has 4 heteroatoms. The van der Waals surface area contributed by atoms with Crippen molar-refractivity contribution in [2.75, 3.05) is 12.4 Å². The molecule has 0 aliphatic heterocycles. The number of methoxy groups -OCH3 is 1. The fourth-order valence-electron chi connectivity index (χ4n) is 1.81. The number of rotatable bonds is 5. The highest BCUT2D eigenvalue weighted by molar-refractivity contribution is 5.94. The van der Waals surface area contributed by atoms with Crippen LogP contribution in [0.1, 0.15) is 12.5 Å². The number of anilines is 1. The van der Waals surface area contributed by atoms with Gasteiger partial charge in [-0.2, -0.15) is 0 Å². The molecule has 0 aliphatic rings. The van der Waals surface area contributed by atoms with Crippen LogP contribution in [0.2, 0.25) is 0 Å². The molecule has 0 saturated carbocycles. The van der Waals surface area contributed by atoms with Gasteiger partial charge in [0.2, 0.25) is 0 Å². The summed E-state index contributed by atoms with van der Waals surface area (Å²) in [6, 6.07) is 14.8. The number of carbonyl (C=O) groups excluding carboxylic acids is 1. The Morgan fingerprint density at radius 3 is 2.43 bits per heavy atom. The molecule has 0 aromatic heterocycles. The lowest BCUT2D eigenvalue weighted by atomic mass is 10.2. The Balaban J connectivity index is 1.97. The highest BCUT2D eigenvalue weighted by atomic mass is 16.5. The molecule has 1 N–H and O–H groups in total. The van der Waals surface area contributed by atoms with Gasteiger partial charge in [0.15, 0.2) is 6.10 Å². The Kier molecular flexibility index (Phi) is 4.82. The van der Waals surface area contributed by atoms with Crippen LogP contribution in [0.5, 0.6) is 11.5 Å². The smallest absolute Gasteiger partial charge is 0.265 e. The molecule has 1 unspecified atom stereocenters. The number of carbonyl (C=O) groups is 1. The first-order chi connectivity index (χ1) is 10.1. The van der Waals surface area contributed by atoms with Crippen molar-refractivity contribution in [2.45, 2.75) is 20.0 Å². The van der Waals surface area contributed by atoms with E-state index in [1.165, 1.54) is 0 Å². The number of nitrogens with one attached hydrogen (secondary N) is 1. The second-order valence-corrected chi connectivity index (χ2v) is 4.79. The van der Waals surface area contributed by atoms with E-state index >= 15 is 0 Å². The molecule has 0 aliphatic carbocycles. The third kappa shape index (κ3) is 4.24. The van der Waals surface area contributed by atoms with E-state index in [4.69, 9.17) is 9.47 Å². The number of hydrogen-bond acceptors (Lipinski definition) is 3. The average Bonchev–Trinajstić information content (AvgIpc) is 2.49. The van der Waals surface area contributed by atoms with Gasteiger partial charge in [-0.25, -0.2) is 0 Å². The van der Waals surface area contributed by atoms with Crippen LogP contribution in [0, 0.1) is 6.92 Å². The molecule has 1 atom stereocenters. The van der Waals surface area contributed by atoms with Gasteiger partial charge in [0.05, 0.1) is 7.11 Å². The molecule has 1 amide bonds. The first-order valence-electron chi connectivity index (χ1n) is 6.77. The summed E-state index contributed by atoms with van der Waals surface area (Å²) in [6.07, 6.45) is -0.599. The van der Waals surface area contributed by atoms with Crippen LogP contribution in [-0.4, -0.2) is 19.1 Å². The molecule has 4 nitrogen and oxygen atoms in total. The standard InChI is InChI=1S/C17H19NO3/c1-12-7-9-14(10-8-12)18-17(19)13(2)21-16-6-4-5-15(11-16)20-3/h4-11,13H,1-3H3,(H,18,19). The largest absolute Gasteiger partial charge is 0.497 e. The van der Waals surface area contributed by atoms with Gasteiger partial charge in [-0.15, -0.1) is 0 Å². The van der Waals surface area contributed by atoms with Crippen LogP contribution < -0.4 is 14.8 Å². The van der Waals surface area contributed by atoms with E-state index in [1.807, 2.05) is 43.3 Å². The number of amides is 1. The second-order valence-electron chi connectivity index (χ2n) is 4.79. The highest BCUT2D eigenvalue weighted by Crippen LogP contribution is 2.20. The normalized spacial score (nSPS) is 11.6. The zero-order valence-electron chi connectivity index (χ0n) is 12.4. The lowest BCUT2D eigenvalue weighted by Crippen LogP contribution is -2.30. The van der Waals surface area contributed by atoms with Gasteiger partial charge in [-0.1, -0.05) is 23.8 Å². The summed E-state index contributed by atoms with van der Waals surface area (Å²) in [5.74, 6) is 1.10. The summed E-state index contributed by atoms with van der Waals surface area (Å²) in [5, 5.41) is 2.82. The molecule has 0 saturated heterocycles. The number of aryl methyl sites for hydroxylation is 1. The Hall–Kier alpha value is -2.49. The first kappa shape index (κ1) is 14.9. The highest BCUT2D eigenvalue weighted by Gasteiger charge is 2.15. The summed E-state index contributed by atoms with van der Waals surface area (Å²) in [6.45, 7) is 3.71. The topological polar surface area (TPSA) is 47.6 Å². The van der Waals surface area contributed by atoms with Crippen LogP contribution in [0.3, 0.4) is 0 Å². The molecule has 21 heavy (non-hydrogen) atoms. The minimum Gasteiger partial charge on any atom is -0.497 e. The van der Waals surface area contributed by atoms with Crippen LogP contribution in [-0.2, 0) is 4.79 Å². The number of ether oxygens (including phenoxy) is 2. The van der Waals surface area contributed by atoms with E-state index in [0.717, 1.165) is 11.3 Å². The zero-order valence-corrected chi connectivity index (χ0v) is 12.4. The molecule has 0 radical (unpaired) electrons. The molecule has 2 rings (SSSR count). The van der Waals surface area contributed by atoms with Crippen LogP contribution in [0.4, 0.5) is 5.69 Å². The molecule has 0 heterocycles. The summed E-state index contributed by atoms with van der Waals surface area (Å²) in [7, 11) is 1.59. The molecular formula is C17H19NO3. The van der Waals surface area contributed by atoms with Crippen molar-refractivity contribution in [3.63, 3.8) is 0 Å². The van der Waals surface area contributed by atoms with E-state index in [0.29, 0.717) is 11.5 Å². The van der Waals surface area contributed by atoms with Gasteiger partial charge in [-0.3, -0.25) is 4.79 Å². The molecule has 2 aromatic carbocycles. The molecule has 2 aromatic rings. The Morgan fingerprint density at radius 2 is 1.76 bits per heavy atom. The lowest BCUT2D eigenvalue weighted by molar-refractivity contribution is -0.122. The predicted octanol–water partition coefficient (Wildman–Crippen LogP) is 3.41. The van der Waals surface area contributed by atoms with Gasteiger partial charge in [0, 0.05) is 11.8 Å². The SMILES string of the molecule is COc1cccc(OC(C)C(=O)Nc2ccc(C)cc2)c1. The quantitative estimate of drug-likeness (QED) is 0.915. The Morgan fingerprint density at radius 1 is 1.10 bits per heavy atom.